The number of likely N-dealkylation sites (N-methyl/N-ethyl adjacent to an activating group) is 1. The van der Waals surface area contributed by atoms with Crippen LogP contribution in [0.2, 0.25) is 5.02 Å². The predicted octanol–water partition coefficient (Wildman–Crippen LogP) is 3.57. The first kappa shape index (κ1) is 17.5. The molecule has 3 unspecified atom stereocenters. The Morgan fingerprint density at radius 1 is 1.15 bits per heavy atom. The first-order chi connectivity index (χ1) is 13.2. The number of hydrogen-bond acceptors (Lipinski definition) is 6. The van der Waals surface area contributed by atoms with E-state index in [0.29, 0.717) is 17.8 Å². The number of halogens is 1. The van der Waals surface area contributed by atoms with E-state index in [-0.39, 0.29) is 12.0 Å². The van der Waals surface area contributed by atoms with Crippen LogP contribution in [0.5, 0.6) is 0 Å². The Hall–Kier alpha value is -1.63. The molecule has 1 aromatic carbocycles. The Morgan fingerprint density at radius 3 is 2.85 bits per heavy atom. The van der Waals surface area contributed by atoms with Gasteiger partial charge < -0.3 is 19.1 Å². The van der Waals surface area contributed by atoms with E-state index < -0.39 is 0 Å². The van der Waals surface area contributed by atoms with Gasteiger partial charge in [-0.1, -0.05) is 16.8 Å². The van der Waals surface area contributed by atoms with Crippen molar-refractivity contribution in [1.29, 1.82) is 0 Å². The quantitative estimate of drug-likeness (QED) is 0.801. The van der Waals surface area contributed by atoms with Crippen molar-refractivity contribution >= 4 is 17.3 Å². The van der Waals surface area contributed by atoms with E-state index in [9.17, 15) is 0 Å². The zero-order valence-electron chi connectivity index (χ0n) is 15.6. The summed E-state index contributed by atoms with van der Waals surface area (Å²) in [4.78, 5) is 9.38. The van der Waals surface area contributed by atoms with Crippen molar-refractivity contribution in [2.45, 2.75) is 43.8 Å². The molecule has 5 rings (SSSR count). The normalized spacial score (nSPS) is 28.7. The standard InChI is InChI=1S/C20H25ClN4O2/c1-24-7-2-8-25(10-9-24)17-5-3-13(11-16(17)21)19-22-20(27-23-19)15-12-14-4-6-18(15)26-14/h3,5,11,14-15,18H,2,4,6-10,12H2,1H3. The first-order valence-corrected chi connectivity index (χ1v) is 10.3. The number of nitrogens with zero attached hydrogens (tertiary/aromatic N) is 4. The Kier molecular flexibility index (Phi) is 4.58. The monoisotopic (exact) mass is 388 g/mol. The molecule has 2 bridgehead atoms. The molecule has 3 atom stereocenters. The molecule has 3 aliphatic rings. The summed E-state index contributed by atoms with van der Waals surface area (Å²) >= 11 is 6.63. The van der Waals surface area contributed by atoms with E-state index >= 15 is 0 Å². The summed E-state index contributed by atoms with van der Waals surface area (Å²) in [7, 11) is 2.17. The molecule has 4 heterocycles. The summed E-state index contributed by atoms with van der Waals surface area (Å²) in [5, 5.41) is 4.94. The van der Waals surface area contributed by atoms with Gasteiger partial charge in [-0.25, -0.2) is 0 Å². The minimum absolute atomic E-state index is 0.244. The number of fused-ring (bicyclic) bond motifs is 2. The lowest BCUT2D eigenvalue weighted by molar-refractivity contribution is 0.0974. The van der Waals surface area contributed by atoms with Crippen molar-refractivity contribution in [2.24, 2.45) is 0 Å². The molecular formula is C20H25ClN4O2. The van der Waals surface area contributed by atoms with E-state index in [2.05, 4.69) is 33.1 Å². The van der Waals surface area contributed by atoms with Crippen LogP contribution in [0, 0.1) is 0 Å². The minimum Gasteiger partial charge on any atom is -0.374 e. The van der Waals surface area contributed by atoms with Crippen LogP contribution in [0.4, 0.5) is 5.69 Å². The van der Waals surface area contributed by atoms with Crippen LogP contribution in [0.25, 0.3) is 11.4 Å². The third kappa shape index (κ3) is 3.35. The summed E-state index contributed by atoms with van der Waals surface area (Å²) < 4.78 is 11.5. The van der Waals surface area contributed by atoms with Gasteiger partial charge in [0.2, 0.25) is 11.7 Å². The number of benzene rings is 1. The lowest BCUT2D eigenvalue weighted by Gasteiger charge is -2.24. The van der Waals surface area contributed by atoms with Crippen molar-refractivity contribution < 1.29 is 9.26 Å². The van der Waals surface area contributed by atoms with Crippen LogP contribution < -0.4 is 4.90 Å². The Balaban J connectivity index is 1.35. The van der Waals surface area contributed by atoms with Crippen LogP contribution >= 0.6 is 11.6 Å². The third-order valence-corrected chi connectivity index (χ3v) is 6.43. The maximum Gasteiger partial charge on any atom is 0.232 e. The number of rotatable bonds is 3. The Labute approximate surface area is 164 Å². The molecule has 6 nitrogen and oxygen atoms in total. The van der Waals surface area contributed by atoms with Crippen LogP contribution in [-0.4, -0.2) is 60.5 Å². The molecule has 0 radical (unpaired) electrons. The van der Waals surface area contributed by atoms with Crippen molar-refractivity contribution in [1.82, 2.24) is 15.0 Å². The number of aromatic nitrogens is 2. The van der Waals surface area contributed by atoms with Gasteiger partial charge in [0.15, 0.2) is 0 Å². The SMILES string of the molecule is CN1CCCN(c2ccc(-c3noc(C4CC5CCC4O5)n3)cc2Cl)CC1. The van der Waals surface area contributed by atoms with Crippen LogP contribution in [0.1, 0.15) is 37.5 Å². The largest absolute Gasteiger partial charge is 0.374 e. The molecule has 3 saturated heterocycles. The number of anilines is 1. The highest BCUT2D eigenvalue weighted by Crippen LogP contribution is 2.44. The first-order valence-electron chi connectivity index (χ1n) is 9.90. The van der Waals surface area contributed by atoms with Gasteiger partial charge in [-0.2, -0.15) is 4.98 Å². The molecule has 0 N–H and O–H groups in total. The van der Waals surface area contributed by atoms with Crippen molar-refractivity contribution in [3.05, 3.63) is 29.1 Å². The predicted molar refractivity (Wildman–Crippen MR) is 104 cm³/mol. The molecule has 144 valence electrons. The number of ether oxygens (including phenoxy) is 1. The van der Waals surface area contributed by atoms with E-state index in [1.165, 1.54) is 0 Å². The molecule has 0 spiro atoms. The highest BCUT2D eigenvalue weighted by atomic mass is 35.5. The second-order valence-electron chi connectivity index (χ2n) is 7.98. The van der Waals surface area contributed by atoms with Crippen LogP contribution in [0.15, 0.2) is 22.7 Å². The van der Waals surface area contributed by atoms with Crippen molar-refractivity contribution in [2.75, 3.05) is 38.1 Å². The van der Waals surface area contributed by atoms with Gasteiger partial charge >= 0.3 is 0 Å². The molecule has 0 saturated carbocycles. The molecule has 3 aliphatic heterocycles. The lowest BCUT2D eigenvalue weighted by atomic mass is 9.89. The molecule has 1 aromatic heterocycles. The zero-order valence-corrected chi connectivity index (χ0v) is 16.4. The highest BCUT2D eigenvalue weighted by Gasteiger charge is 2.44. The van der Waals surface area contributed by atoms with Crippen LogP contribution in [0.3, 0.4) is 0 Å². The van der Waals surface area contributed by atoms with Gasteiger partial charge in [-0.3, -0.25) is 0 Å². The smallest absolute Gasteiger partial charge is 0.232 e. The second-order valence-corrected chi connectivity index (χ2v) is 8.39. The molecular weight excluding hydrogens is 364 g/mol. The fourth-order valence-electron chi connectivity index (χ4n) is 4.59. The van der Waals surface area contributed by atoms with Gasteiger partial charge in [-0.15, -0.1) is 0 Å². The average molecular weight is 389 g/mol. The lowest BCUT2D eigenvalue weighted by Crippen LogP contribution is -2.28. The fraction of sp³-hybridized carbons (Fsp3) is 0.600. The van der Waals surface area contributed by atoms with Gasteiger partial charge in [0.25, 0.3) is 0 Å². The van der Waals surface area contributed by atoms with Crippen molar-refractivity contribution in [3.63, 3.8) is 0 Å². The van der Waals surface area contributed by atoms with E-state index in [1.54, 1.807) is 0 Å². The molecule has 0 aliphatic carbocycles. The number of hydrogen-bond donors (Lipinski definition) is 0. The third-order valence-electron chi connectivity index (χ3n) is 6.13. The van der Waals surface area contributed by atoms with Crippen molar-refractivity contribution in [3.8, 4) is 11.4 Å². The summed E-state index contributed by atoms with van der Waals surface area (Å²) in [6.07, 6.45) is 5.01. The molecule has 2 aromatic rings. The zero-order chi connectivity index (χ0) is 18.4. The Bertz CT molecular complexity index is 826. The van der Waals surface area contributed by atoms with Gasteiger partial charge in [0, 0.05) is 25.2 Å². The highest BCUT2D eigenvalue weighted by molar-refractivity contribution is 6.33. The topological polar surface area (TPSA) is 54.6 Å². The molecule has 27 heavy (non-hydrogen) atoms. The maximum atomic E-state index is 6.63. The fourth-order valence-corrected chi connectivity index (χ4v) is 4.89. The molecule has 0 amide bonds. The van der Waals surface area contributed by atoms with Gasteiger partial charge in [0.1, 0.15) is 0 Å². The minimum atomic E-state index is 0.244. The summed E-state index contributed by atoms with van der Waals surface area (Å²) in [6, 6.07) is 6.08. The maximum absolute atomic E-state index is 6.63. The van der Waals surface area contributed by atoms with E-state index in [4.69, 9.17) is 20.9 Å². The second kappa shape index (κ2) is 7.08. The van der Waals surface area contributed by atoms with E-state index in [0.717, 1.165) is 68.1 Å². The summed E-state index contributed by atoms with van der Waals surface area (Å²) in [6.45, 7) is 4.20. The van der Waals surface area contributed by atoms with Crippen LogP contribution in [-0.2, 0) is 4.74 Å². The van der Waals surface area contributed by atoms with Gasteiger partial charge in [0.05, 0.1) is 28.8 Å². The summed E-state index contributed by atoms with van der Waals surface area (Å²) in [5.41, 5.74) is 1.98. The molecule has 3 fully saturated rings. The Morgan fingerprint density at radius 2 is 2.07 bits per heavy atom. The average Bonchev–Trinajstić information content (AvgIpc) is 3.38. The molecule has 7 heteroatoms. The van der Waals surface area contributed by atoms with E-state index in [1.807, 2.05) is 12.1 Å². The van der Waals surface area contributed by atoms with Gasteiger partial charge in [-0.05, 0) is 57.5 Å². The summed E-state index contributed by atoms with van der Waals surface area (Å²) in [5.74, 6) is 1.55.